The normalized spacial score (nSPS) is 30.6. The average molecular weight is 378 g/mol. The Balaban J connectivity index is 1.73. The number of piperazine rings is 1. The van der Waals surface area contributed by atoms with Crippen molar-refractivity contribution in [3.63, 3.8) is 0 Å². The Bertz CT molecular complexity index is 960. The summed E-state index contributed by atoms with van der Waals surface area (Å²) in [5, 5.41) is 2.80. The monoisotopic (exact) mass is 378 g/mol. The van der Waals surface area contributed by atoms with Crippen LogP contribution in [0.5, 0.6) is 11.5 Å². The molecule has 0 saturated carbocycles. The molecule has 3 aliphatic heterocycles. The van der Waals surface area contributed by atoms with Gasteiger partial charge in [0.05, 0.1) is 26.3 Å². The number of carbonyl (C=O) groups excluding carboxylic acids is 2. The molecule has 2 fully saturated rings. The number of amides is 2. The van der Waals surface area contributed by atoms with E-state index in [-0.39, 0.29) is 36.2 Å². The topological polar surface area (TPSA) is 67.9 Å². The van der Waals surface area contributed by atoms with Gasteiger partial charge in [-0.25, -0.2) is 0 Å². The minimum atomic E-state index is -0.972. The van der Waals surface area contributed by atoms with E-state index in [1.807, 2.05) is 55.5 Å². The number of methoxy groups -OCH3 is 1. The first-order chi connectivity index (χ1) is 13.6. The third-order valence-electron chi connectivity index (χ3n) is 6.47. The van der Waals surface area contributed by atoms with E-state index in [9.17, 15) is 9.59 Å². The van der Waals surface area contributed by atoms with E-state index in [0.717, 1.165) is 16.9 Å². The minimum Gasteiger partial charge on any atom is -0.497 e. The van der Waals surface area contributed by atoms with Crippen molar-refractivity contribution in [2.75, 3.05) is 20.3 Å². The average Bonchev–Trinajstić information content (AvgIpc) is 3.01. The van der Waals surface area contributed by atoms with Crippen LogP contribution in [0.3, 0.4) is 0 Å². The fourth-order valence-electron chi connectivity index (χ4n) is 5.31. The van der Waals surface area contributed by atoms with Crippen molar-refractivity contribution in [2.45, 2.75) is 24.4 Å². The molecule has 2 aromatic carbocycles. The molecule has 4 atom stereocenters. The molecule has 28 heavy (non-hydrogen) atoms. The van der Waals surface area contributed by atoms with E-state index in [2.05, 4.69) is 5.32 Å². The van der Waals surface area contributed by atoms with Gasteiger partial charge >= 0.3 is 0 Å². The number of nitrogens with zero attached hydrogens (tertiary/aromatic N) is 1. The molecule has 3 unspecified atom stereocenters. The first kappa shape index (κ1) is 17.1. The van der Waals surface area contributed by atoms with E-state index < -0.39 is 5.54 Å². The zero-order valence-corrected chi connectivity index (χ0v) is 15.8. The van der Waals surface area contributed by atoms with Gasteiger partial charge in [0.25, 0.3) is 0 Å². The molecule has 144 valence electrons. The second-order valence-corrected chi connectivity index (χ2v) is 7.81. The highest BCUT2D eigenvalue weighted by Gasteiger charge is 2.65. The molecule has 3 heterocycles. The van der Waals surface area contributed by atoms with Crippen LogP contribution in [0.2, 0.25) is 0 Å². The lowest BCUT2D eigenvalue weighted by Gasteiger charge is -2.43. The second-order valence-electron chi connectivity index (χ2n) is 7.81. The SMILES string of the molecule is COc1ccc2c(c1)C1C(CO2)C(c2ccccc2)[C@]2(C)C(=O)NCC(=O)N12. The van der Waals surface area contributed by atoms with Crippen LogP contribution < -0.4 is 14.8 Å². The van der Waals surface area contributed by atoms with Crippen molar-refractivity contribution >= 4 is 11.8 Å². The molecule has 0 aromatic heterocycles. The molecule has 3 aliphatic rings. The Morgan fingerprint density at radius 1 is 1.18 bits per heavy atom. The second kappa shape index (κ2) is 5.99. The predicted octanol–water partition coefficient (Wildman–Crippen LogP) is 2.26. The van der Waals surface area contributed by atoms with Crippen molar-refractivity contribution in [2.24, 2.45) is 5.92 Å². The number of ether oxygens (including phenoxy) is 2. The van der Waals surface area contributed by atoms with E-state index in [0.29, 0.717) is 12.4 Å². The summed E-state index contributed by atoms with van der Waals surface area (Å²) in [4.78, 5) is 28.0. The molecule has 5 rings (SSSR count). The maximum absolute atomic E-state index is 13.1. The Morgan fingerprint density at radius 2 is 1.96 bits per heavy atom. The summed E-state index contributed by atoms with van der Waals surface area (Å²) >= 11 is 0. The van der Waals surface area contributed by atoms with Gasteiger partial charge in [-0.05, 0) is 30.7 Å². The van der Waals surface area contributed by atoms with E-state index in [4.69, 9.17) is 9.47 Å². The zero-order valence-electron chi connectivity index (χ0n) is 15.8. The number of fused-ring (bicyclic) bond motifs is 5. The highest BCUT2D eigenvalue weighted by molar-refractivity contribution is 5.99. The van der Waals surface area contributed by atoms with Crippen LogP contribution in [0.1, 0.15) is 30.0 Å². The molecule has 2 aromatic rings. The lowest BCUT2D eigenvalue weighted by Crippen LogP contribution is -2.64. The Kier molecular flexibility index (Phi) is 3.66. The third-order valence-corrected chi connectivity index (χ3v) is 6.47. The summed E-state index contributed by atoms with van der Waals surface area (Å²) in [6, 6.07) is 15.4. The van der Waals surface area contributed by atoms with Crippen LogP contribution in [0.4, 0.5) is 0 Å². The molecular weight excluding hydrogens is 356 g/mol. The molecule has 0 bridgehead atoms. The summed E-state index contributed by atoms with van der Waals surface area (Å²) < 4.78 is 11.5. The molecule has 0 spiro atoms. The molecule has 6 heteroatoms. The molecule has 6 nitrogen and oxygen atoms in total. The van der Waals surface area contributed by atoms with Crippen molar-refractivity contribution in [3.05, 3.63) is 59.7 Å². The number of hydrogen-bond donors (Lipinski definition) is 1. The molecule has 1 N–H and O–H groups in total. The summed E-state index contributed by atoms with van der Waals surface area (Å²) in [7, 11) is 1.62. The third kappa shape index (κ3) is 2.14. The lowest BCUT2D eigenvalue weighted by atomic mass is 9.73. The maximum Gasteiger partial charge on any atom is 0.246 e. The van der Waals surface area contributed by atoms with Crippen LogP contribution >= 0.6 is 0 Å². The highest BCUT2D eigenvalue weighted by Crippen LogP contribution is 2.59. The summed E-state index contributed by atoms with van der Waals surface area (Å²) in [6.45, 7) is 2.37. The van der Waals surface area contributed by atoms with Gasteiger partial charge in [-0.15, -0.1) is 0 Å². The molecule has 0 aliphatic carbocycles. The van der Waals surface area contributed by atoms with Gasteiger partial charge < -0.3 is 19.7 Å². The van der Waals surface area contributed by atoms with Gasteiger partial charge in [0, 0.05) is 17.4 Å². The van der Waals surface area contributed by atoms with Gasteiger partial charge in [0.15, 0.2) is 0 Å². The van der Waals surface area contributed by atoms with Crippen LogP contribution in [0.25, 0.3) is 0 Å². The predicted molar refractivity (Wildman–Crippen MR) is 102 cm³/mol. The van der Waals surface area contributed by atoms with E-state index in [1.54, 1.807) is 12.0 Å². The molecule has 2 saturated heterocycles. The van der Waals surface area contributed by atoms with Gasteiger partial charge in [-0.2, -0.15) is 0 Å². The quantitative estimate of drug-likeness (QED) is 0.871. The summed E-state index contributed by atoms with van der Waals surface area (Å²) in [5.41, 5.74) is 0.977. The Labute approximate surface area is 163 Å². The lowest BCUT2D eigenvalue weighted by molar-refractivity contribution is -0.152. The van der Waals surface area contributed by atoms with Crippen molar-refractivity contribution in [3.8, 4) is 11.5 Å². The van der Waals surface area contributed by atoms with E-state index >= 15 is 0 Å². The fraction of sp³-hybridized carbons (Fsp3) is 0.364. The first-order valence-corrected chi connectivity index (χ1v) is 9.52. The fourth-order valence-corrected chi connectivity index (χ4v) is 5.31. The summed E-state index contributed by atoms with van der Waals surface area (Å²) in [6.07, 6.45) is 0. The molecular formula is C22H22N2O4. The van der Waals surface area contributed by atoms with Crippen molar-refractivity contribution < 1.29 is 19.1 Å². The number of rotatable bonds is 2. The summed E-state index contributed by atoms with van der Waals surface area (Å²) in [5.74, 6) is 1.09. The van der Waals surface area contributed by atoms with Gasteiger partial charge in [-0.3, -0.25) is 9.59 Å². The number of benzene rings is 2. The van der Waals surface area contributed by atoms with Gasteiger partial charge in [0.1, 0.15) is 17.0 Å². The Morgan fingerprint density at radius 3 is 2.71 bits per heavy atom. The van der Waals surface area contributed by atoms with Crippen LogP contribution in [0.15, 0.2) is 48.5 Å². The van der Waals surface area contributed by atoms with Crippen molar-refractivity contribution in [1.82, 2.24) is 10.2 Å². The zero-order chi connectivity index (χ0) is 19.5. The first-order valence-electron chi connectivity index (χ1n) is 9.52. The largest absolute Gasteiger partial charge is 0.497 e. The van der Waals surface area contributed by atoms with Gasteiger partial charge in [0.2, 0.25) is 11.8 Å². The smallest absolute Gasteiger partial charge is 0.246 e. The Hall–Kier alpha value is -3.02. The van der Waals surface area contributed by atoms with E-state index in [1.165, 1.54) is 0 Å². The number of hydrogen-bond acceptors (Lipinski definition) is 4. The minimum absolute atomic E-state index is 0.0271. The van der Waals surface area contributed by atoms with Gasteiger partial charge in [-0.1, -0.05) is 30.3 Å². The molecule has 2 amide bonds. The van der Waals surface area contributed by atoms with Crippen LogP contribution in [-0.4, -0.2) is 42.5 Å². The van der Waals surface area contributed by atoms with Crippen LogP contribution in [0, 0.1) is 5.92 Å². The van der Waals surface area contributed by atoms with Crippen LogP contribution in [-0.2, 0) is 9.59 Å². The number of nitrogens with one attached hydrogen (secondary N) is 1. The standard InChI is InChI=1S/C22H22N2O4/c1-22-19(13-6-4-3-5-7-13)16-12-28-17-9-8-14(27-2)10-15(17)20(16)24(22)18(25)11-23-21(22)26/h3-10,16,19-20H,11-12H2,1-2H3,(H,23,26)/t16?,19?,20?,22-/m1/s1. The maximum atomic E-state index is 13.1. The van der Waals surface area contributed by atoms with Crippen molar-refractivity contribution in [1.29, 1.82) is 0 Å². The molecule has 0 radical (unpaired) electrons. The highest BCUT2D eigenvalue weighted by atomic mass is 16.5. The number of carbonyl (C=O) groups is 2.